The smallest absolute Gasteiger partial charge is 0.309 e. The van der Waals surface area contributed by atoms with Gasteiger partial charge in [-0.3, -0.25) is 9.59 Å². The number of likely N-dealkylation sites (tertiary alicyclic amines) is 1. The maximum atomic E-state index is 12.4. The summed E-state index contributed by atoms with van der Waals surface area (Å²) in [6.45, 7) is 9.81. The van der Waals surface area contributed by atoms with Crippen LogP contribution in [-0.4, -0.2) is 27.4 Å². The average molecular weight is 289 g/mol. The molecule has 4 nitrogen and oxygen atoms in total. The number of carboxylic acids is 1. The van der Waals surface area contributed by atoms with Gasteiger partial charge in [0.25, 0.3) is 0 Å². The third kappa shape index (κ3) is 2.80. The second-order valence-corrected chi connectivity index (χ2v) is 6.89. The average Bonchev–Trinajstić information content (AvgIpc) is 2.69. The first-order chi connectivity index (χ1) is 9.62. The summed E-state index contributed by atoms with van der Waals surface area (Å²) < 4.78 is 0. The van der Waals surface area contributed by atoms with Crippen LogP contribution in [0.25, 0.3) is 0 Å². The van der Waals surface area contributed by atoms with E-state index < -0.39 is 23.5 Å². The van der Waals surface area contributed by atoms with Gasteiger partial charge in [-0.2, -0.15) is 0 Å². The molecule has 1 amide bonds. The summed E-state index contributed by atoms with van der Waals surface area (Å²) in [4.78, 5) is 25.7. The molecule has 0 aliphatic carbocycles. The molecule has 21 heavy (non-hydrogen) atoms. The number of aryl methyl sites for hydroxylation is 2. The van der Waals surface area contributed by atoms with Gasteiger partial charge in [0.1, 0.15) is 0 Å². The molecule has 1 N–H and O–H groups in total. The van der Waals surface area contributed by atoms with E-state index in [4.69, 9.17) is 0 Å². The van der Waals surface area contributed by atoms with E-state index in [2.05, 4.69) is 0 Å². The zero-order valence-electron chi connectivity index (χ0n) is 13.3. The number of carbonyl (C=O) groups is 2. The Labute approximate surface area is 125 Å². The van der Waals surface area contributed by atoms with Gasteiger partial charge in [-0.05, 0) is 45.7 Å². The molecule has 4 heteroatoms. The van der Waals surface area contributed by atoms with Crippen molar-refractivity contribution in [2.24, 2.45) is 5.92 Å². The first-order valence-electron chi connectivity index (χ1n) is 7.25. The van der Waals surface area contributed by atoms with Crippen molar-refractivity contribution in [1.82, 2.24) is 4.90 Å². The zero-order chi connectivity index (χ0) is 15.9. The van der Waals surface area contributed by atoms with Crippen molar-refractivity contribution in [3.63, 3.8) is 0 Å². The highest BCUT2D eigenvalue weighted by Crippen LogP contribution is 2.43. The van der Waals surface area contributed by atoms with Crippen molar-refractivity contribution in [2.45, 2.75) is 52.6 Å². The Morgan fingerprint density at radius 2 is 1.90 bits per heavy atom. The Kier molecular flexibility index (Phi) is 3.83. The van der Waals surface area contributed by atoms with E-state index >= 15 is 0 Å². The number of benzene rings is 1. The van der Waals surface area contributed by atoms with Crippen LogP contribution in [0.3, 0.4) is 0 Å². The summed E-state index contributed by atoms with van der Waals surface area (Å²) in [7, 11) is 0. The standard InChI is InChI=1S/C17H23NO3/c1-10-6-7-11(2)12(8-10)15-13(16(20)21)9-14(19)18(15)17(3,4)5/h6-8,13,15H,9H2,1-5H3,(H,20,21). The molecular formula is C17H23NO3. The predicted molar refractivity (Wildman–Crippen MR) is 81.0 cm³/mol. The van der Waals surface area contributed by atoms with Crippen molar-refractivity contribution in [3.8, 4) is 0 Å². The monoisotopic (exact) mass is 289 g/mol. The number of carbonyl (C=O) groups excluding carboxylic acids is 1. The highest BCUT2D eigenvalue weighted by molar-refractivity contribution is 5.88. The van der Waals surface area contributed by atoms with Gasteiger partial charge in [0.2, 0.25) is 5.91 Å². The lowest BCUT2D eigenvalue weighted by Crippen LogP contribution is -2.44. The fourth-order valence-corrected chi connectivity index (χ4v) is 3.18. The molecule has 114 valence electrons. The highest BCUT2D eigenvalue weighted by atomic mass is 16.4. The number of aliphatic carboxylic acids is 1. The molecule has 0 radical (unpaired) electrons. The maximum Gasteiger partial charge on any atom is 0.309 e. The van der Waals surface area contributed by atoms with Crippen LogP contribution in [0, 0.1) is 19.8 Å². The van der Waals surface area contributed by atoms with Crippen LogP contribution >= 0.6 is 0 Å². The molecule has 1 aliphatic heterocycles. The summed E-state index contributed by atoms with van der Waals surface area (Å²) >= 11 is 0. The molecule has 0 saturated carbocycles. The molecule has 1 saturated heterocycles. The Hall–Kier alpha value is -1.84. The Morgan fingerprint density at radius 3 is 2.43 bits per heavy atom. The number of hydrogen-bond acceptors (Lipinski definition) is 2. The second kappa shape index (κ2) is 5.17. The lowest BCUT2D eigenvalue weighted by atomic mass is 9.88. The van der Waals surface area contributed by atoms with Crippen molar-refractivity contribution in [3.05, 3.63) is 34.9 Å². The van der Waals surface area contributed by atoms with Gasteiger partial charge in [-0.1, -0.05) is 23.8 Å². The van der Waals surface area contributed by atoms with Crippen molar-refractivity contribution >= 4 is 11.9 Å². The molecule has 0 aromatic heterocycles. The molecule has 1 aromatic carbocycles. The fraction of sp³-hybridized carbons (Fsp3) is 0.529. The number of carboxylic acid groups (broad SMARTS) is 1. The van der Waals surface area contributed by atoms with Gasteiger partial charge in [0.05, 0.1) is 12.0 Å². The lowest BCUT2D eigenvalue weighted by molar-refractivity contribution is -0.142. The van der Waals surface area contributed by atoms with E-state index in [1.165, 1.54) is 0 Å². The van der Waals surface area contributed by atoms with Crippen molar-refractivity contribution in [1.29, 1.82) is 0 Å². The number of nitrogens with zero attached hydrogens (tertiary/aromatic N) is 1. The molecule has 1 aliphatic rings. The van der Waals surface area contributed by atoms with Crippen LogP contribution in [0.1, 0.15) is 49.9 Å². The summed E-state index contributed by atoms with van der Waals surface area (Å²) in [5.74, 6) is -1.67. The highest BCUT2D eigenvalue weighted by Gasteiger charge is 2.48. The third-order valence-electron chi connectivity index (χ3n) is 4.12. The van der Waals surface area contributed by atoms with Crippen LogP contribution < -0.4 is 0 Å². The summed E-state index contributed by atoms with van der Waals surface area (Å²) in [5.41, 5.74) is 2.65. The third-order valence-corrected chi connectivity index (χ3v) is 4.12. The fourth-order valence-electron chi connectivity index (χ4n) is 3.18. The molecule has 1 aromatic rings. The quantitative estimate of drug-likeness (QED) is 0.910. The topological polar surface area (TPSA) is 57.6 Å². The molecule has 2 unspecified atom stereocenters. The minimum atomic E-state index is -0.902. The van der Waals surface area contributed by atoms with Crippen LogP contribution in [0.4, 0.5) is 0 Å². The largest absolute Gasteiger partial charge is 0.481 e. The Morgan fingerprint density at radius 1 is 1.29 bits per heavy atom. The van der Waals surface area contributed by atoms with Gasteiger partial charge in [0.15, 0.2) is 0 Å². The van der Waals surface area contributed by atoms with Crippen LogP contribution in [0.15, 0.2) is 18.2 Å². The van der Waals surface area contributed by atoms with Gasteiger partial charge in [0, 0.05) is 12.0 Å². The van der Waals surface area contributed by atoms with Crippen molar-refractivity contribution < 1.29 is 14.7 Å². The first kappa shape index (κ1) is 15.5. The van der Waals surface area contributed by atoms with Gasteiger partial charge >= 0.3 is 5.97 Å². The van der Waals surface area contributed by atoms with Gasteiger partial charge in [-0.15, -0.1) is 0 Å². The van der Waals surface area contributed by atoms with E-state index in [-0.39, 0.29) is 12.3 Å². The van der Waals surface area contributed by atoms with Gasteiger partial charge < -0.3 is 10.0 Å². The summed E-state index contributed by atoms with van der Waals surface area (Å²) in [6.07, 6.45) is 0.0741. The minimum Gasteiger partial charge on any atom is -0.481 e. The van der Waals surface area contributed by atoms with Crippen LogP contribution in [0.5, 0.6) is 0 Å². The van der Waals surface area contributed by atoms with Gasteiger partial charge in [-0.25, -0.2) is 0 Å². The molecule has 0 bridgehead atoms. The molecule has 1 fully saturated rings. The Balaban J connectivity index is 2.60. The summed E-state index contributed by atoms with van der Waals surface area (Å²) in [6, 6.07) is 5.61. The van der Waals surface area contributed by atoms with Crippen LogP contribution in [0.2, 0.25) is 0 Å². The zero-order valence-corrected chi connectivity index (χ0v) is 13.3. The minimum absolute atomic E-state index is 0.0741. The lowest BCUT2D eigenvalue weighted by Gasteiger charge is -2.39. The first-order valence-corrected chi connectivity index (χ1v) is 7.25. The van der Waals surface area contributed by atoms with Crippen LogP contribution in [-0.2, 0) is 9.59 Å². The second-order valence-electron chi connectivity index (χ2n) is 6.89. The number of rotatable bonds is 2. The molecular weight excluding hydrogens is 266 g/mol. The molecule has 2 atom stereocenters. The molecule has 1 heterocycles. The normalized spacial score (nSPS) is 22.7. The van der Waals surface area contributed by atoms with E-state index in [0.29, 0.717) is 0 Å². The number of hydrogen-bond donors (Lipinski definition) is 1. The van der Waals surface area contributed by atoms with E-state index in [1.54, 1.807) is 4.90 Å². The molecule has 2 rings (SSSR count). The Bertz CT molecular complexity index is 586. The number of amides is 1. The van der Waals surface area contributed by atoms with Crippen molar-refractivity contribution in [2.75, 3.05) is 0 Å². The van der Waals surface area contributed by atoms with E-state index in [9.17, 15) is 14.7 Å². The molecule has 0 spiro atoms. The van der Waals surface area contributed by atoms with E-state index in [1.807, 2.05) is 52.8 Å². The predicted octanol–water partition coefficient (Wildman–Crippen LogP) is 3.08. The SMILES string of the molecule is Cc1ccc(C)c(C2C(C(=O)O)CC(=O)N2C(C)(C)C)c1. The van der Waals surface area contributed by atoms with E-state index in [0.717, 1.165) is 16.7 Å². The summed E-state index contributed by atoms with van der Waals surface area (Å²) in [5, 5.41) is 9.53. The maximum absolute atomic E-state index is 12.4.